The van der Waals surface area contributed by atoms with Gasteiger partial charge in [0.15, 0.2) is 9.84 Å². The summed E-state index contributed by atoms with van der Waals surface area (Å²) in [5.41, 5.74) is 5.40. The van der Waals surface area contributed by atoms with Crippen molar-refractivity contribution in [3.05, 3.63) is 89.0 Å². The number of hydrogen-bond donors (Lipinski definition) is 3. The second-order valence-electron chi connectivity index (χ2n) is 14.4. The van der Waals surface area contributed by atoms with Crippen molar-refractivity contribution in [2.24, 2.45) is 5.41 Å². The molecule has 2 heterocycles. The van der Waals surface area contributed by atoms with Gasteiger partial charge < -0.3 is 25.5 Å². The lowest BCUT2D eigenvalue weighted by molar-refractivity contribution is 0.0127. The number of sulfone groups is 1. The molecule has 0 radical (unpaired) electrons. The topological polar surface area (TPSA) is 84.9 Å². The van der Waals surface area contributed by atoms with Crippen LogP contribution in [0, 0.1) is 5.41 Å². The Morgan fingerprint density at radius 2 is 1.60 bits per heavy atom. The van der Waals surface area contributed by atoms with Gasteiger partial charge in [-0.25, -0.2) is 8.42 Å². The fourth-order valence-electron chi connectivity index (χ4n) is 7.70. The third kappa shape index (κ3) is 8.81. The molecule has 3 aromatic rings. The lowest BCUT2D eigenvalue weighted by atomic mass is 9.68. The van der Waals surface area contributed by atoms with Crippen LogP contribution >= 0.6 is 0 Å². The minimum atomic E-state index is -3.63. The predicted molar refractivity (Wildman–Crippen MR) is 200 cm³/mol. The molecule has 0 unspecified atom stereocenters. The number of rotatable bonds is 15. The molecule has 48 heavy (non-hydrogen) atoms. The number of nitrogens with one attached hydrogen (secondary N) is 2. The summed E-state index contributed by atoms with van der Waals surface area (Å²) in [4.78, 5) is 4.91. The molecular formula is C40H58N4O3S. The monoisotopic (exact) mass is 674 g/mol. The molecule has 0 amide bonds. The zero-order valence-corrected chi connectivity index (χ0v) is 30.5. The highest BCUT2D eigenvalue weighted by molar-refractivity contribution is 7.91. The van der Waals surface area contributed by atoms with Gasteiger partial charge in [-0.05, 0) is 84.8 Å². The van der Waals surface area contributed by atoms with Crippen LogP contribution in [0.4, 0.5) is 11.4 Å². The molecule has 0 saturated carbocycles. The average molecular weight is 675 g/mol. The maximum atomic E-state index is 14.2. The SMILES string of the molecule is CCCCC1(CCCC)CS(=O)(=O)c2ccc(N(C)C)cc2[C@@H](c2cccc(NCc3ccc(CCCN4CCNCC4)cc3)c2)[C@H]1O. The molecule has 3 N–H and O–H groups in total. The standard InChI is InChI=1S/C40H58N4O3S/c1-5-7-20-40(21-8-6-2)30-48(46,47)37-19-18-35(43(3)4)28-36(37)38(39(40)45)33-12-9-13-34(27-33)42-29-32-16-14-31(15-17-32)11-10-24-44-25-22-41-23-26-44/h9,12-19,27-28,38-39,41-42,45H,5-8,10-11,20-26,29-30H2,1-4H3/t38-,39-/m1/s1. The maximum absolute atomic E-state index is 14.2. The number of piperazine rings is 1. The summed E-state index contributed by atoms with van der Waals surface area (Å²) in [5, 5.41) is 19.6. The fraction of sp³-hybridized carbons (Fsp3) is 0.550. The first-order valence-corrected chi connectivity index (χ1v) is 19.9. The van der Waals surface area contributed by atoms with E-state index in [1.807, 2.05) is 37.2 Å². The number of unbranched alkanes of at least 4 members (excludes halogenated alkanes) is 2. The van der Waals surface area contributed by atoms with Gasteiger partial charge in [-0.15, -0.1) is 0 Å². The van der Waals surface area contributed by atoms with Gasteiger partial charge in [0, 0.05) is 69.5 Å². The molecule has 1 saturated heterocycles. The molecule has 0 spiro atoms. The highest BCUT2D eigenvalue weighted by atomic mass is 32.2. The third-order valence-electron chi connectivity index (χ3n) is 10.6. The summed E-state index contributed by atoms with van der Waals surface area (Å²) in [7, 11) is 0.302. The number of fused-ring (bicyclic) bond motifs is 1. The minimum Gasteiger partial charge on any atom is -0.392 e. The van der Waals surface area contributed by atoms with Crippen LogP contribution in [-0.2, 0) is 22.8 Å². The van der Waals surface area contributed by atoms with Gasteiger partial charge in [-0.3, -0.25) is 0 Å². The molecule has 262 valence electrons. The highest BCUT2D eigenvalue weighted by Gasteiger charge is 2.49. The molecule has 0 bridgehead atoms. The van der Waals surface area contributed by atoms with Crippen LogP contribution in [0.3, 0.4) is 0 Å². The molecule has 8 heteroatoms. The molecule has 2 atom stereocenters. The Labute approximate surface area is 290 Å². The molecule has 0 aromatic heterocycles. The van der Waals surface area contributed by atoms with Crippen LogP contribution < -0.4 is 15.5 Å². The van der Waals surface area contributed by atoms with Crippen molar-refractivity contribution in [2.75, 3.05) is 62.8 Å². The van der Waals surface area contributed by atoms with E-state index in [9.17, 15) is 13.5 Å². The van der Waals surface area contributed by atoms with E-state index in [0.717, 1.165) is 81.8 Å². The van der Waals surface area contributed by atoms with Crippen molar-refractivity contribution in [1.29, 1.82) is 0 Å². The molecule has 7 nitrogen and oxygen atoms in total. The molecule has 3 aromatic carbocycles. The minimum absolute atomic E-state index is 0.0182. The summed E-state index contributed by atoms with van der Waals surface area (Å²) in [6.45, 7) is 10.6. The molecule has 2 aliphatic heterocycles. The van der Waals surface area contributed by atoms with E-state index in [1.165, 1.54) is 17.5 Å². The average Bonchev–Trinajstić information content (AvgIpc) is 3.16. The molecule has 0 aliphatic carbocycles. The first kappa shape index (κ1) is 36.4. The largest absolute Gasteiger partial charge is 0.392 e. The summed E-state index contributed by atoms with van der Waals surface area (Å²) in [5.74, 6) is -0.483. The van der Waals surface area contributed by atoms with Crippen molar-refractivity contribution >= 4 is 21.2 Å². The van der Waals surface area contributed by atoms with Crippen molar-refractivity contribution in [3.63, 3.8) is 0 Å². The van der Waals surface area contributed by atoms with E-state index in [1.54, 1.807) is 6.07 Å². The van der Waals surface area contributed by atoms with E-state index in [-0.39, 0.29) is 5.75 Å². The smallest absolute Gasteiger partial charge is 0.179 e. The van der Waals surface area contributed by atoms with Crippen molar-refractivity contribution in [1.82, 2.24) is 10.2 Å². The van der Waals surface area contributed by atoms with Crippen molar-refractivity contribution in [2.45, 2.75) is 88.7 Å². The second kappa shape index (κ2) is 16.7. The van der Waals surface area contributed by atoms with Gasteiger partial charge in [-0.2, -0.15) is 0 Å². The van der Waals surface area contributed by atoms with Crippen LogP contribution in [-0.4, -0.2) is 77.1 Å². The zero-order valence-electron chi connectivity index (χ0n) is 29.7. The Hall–Kier alpha value is -2.91. The fourth-order valence-corrected chi connectivity index (χ4v) is 9.89. The molecular weight excluding hydrogens is 617 g/mol. The Kier molecular flexibility index (Phi) is 12.6. The van der Waals surface area contributed by atoms with Gasteiger partial charge in [0.05, 0.1) is 16.8 Å². The summed E-state index contributed by atoms with van der Waals surface area (Å²) in [6.07, 6.45) is 6.51. The number of aliphatic hydroxyl groups is 1. The summed E-state index contributed by atoms with van der Waals surface area (Å²) < 4.78 is 28.4. The number of nitrogens with zero attached hydrogens (tertiary/aromatic N) is 2. The van der Waals surface area contributed by atoms with E-state index >= 15 is 0 Å². The lowest BCUT2D eigenvalue weighted by Crippen LogP contribution is -2.43. The number of anilines is 2. The number of hydrogen-bond acceptors (Lipinski definition) is 7. The van der Waals surface area contributed by atoms with Gasteiger partial charge in [0.1, 0.15) is 0 Å². The number of aliphatic hydroxyl groups excluding tert-OH is 1. The van der Waals surface area contributed by atoms with E-state index in [0.29, 0.717) is 29.8 Å². The molecule has 1 fully saturated rings. The van der Waals surface area contributed by atoms with Crippen molar-refractivity contribution in [3.8, 4) is 0 Å². The van der Waals surface area contributed by atoms with Crippen molar-refractivity contribution < 1.29 is 13.5 Å². The Bertz CT molecular complexity index is 1560. The summed E-state index contributed by atoms with van der Waals surface area (Å²) in [6, 6.07) is 22.8. The second-order valence-corrected chi connectivity index (χ2v) is 16.3. The van der Waals surface area contributed by atoms with Gasteiger partial charge in [0.25, 0.3) is 0 Å². The first-order valence-electron chi connectivity index (χ1n) is 18.2. The van der Waals surface area contributed by atoms with Crippen LogP contribution in [0.5, 0.6) is 0 Å². The predicted octanol–water partition coefficient (Wildman–Crippen LogP) is 6.85. The van der Waals surface area contributed by atoms with Crippen LogP contribution in [0.1, 0.15) is 87.0 Å². The van der Waals surface area contributed by atoms with Gasteiger partial charge >= 0.3 is 0 Å². The van der Waals surface area contributed by atoms with E-state index in [2.05, 4.69) is 71.8 Å². The normalized spacial score (nSPS) is 20.5. The lowest BCUT2D eigenvalue weighted by Gasteiger charge is -2.40. The van der Waals surface area contributed by atoms with Gasteiger partial charge in [-0.1, -0.05) is 75.9 Å². The summed E-state index contributed by atoms with van der Waals surface area (Å²) >= 11 is 0. The third-order valence-corrected chi connectivity index (χ3v) is 12.6. The Morgan fingerprint density at radius 3 is 2.27 bits per heavy atom. The zero-order chi connectivity index (χ0) is 34.1. The molecule has 5 rings (SSSR count). The first-order chi connectivity index (χ1) is 23.2. The number of aryl methyl sites for hydroxylation is 1. The van der Waals surface area contributed by atoms with Crippen LogP contribution in [0.25, 0.3) is 0 Å². The Balaban J connectivity index is 1.39. The van der Waals surface area contributed by atoms with E-state index < -0.39 is 27.3 Å². The maximum Gasteiger partial charge on any atom is 0.179 e. The quantitative estimate of drug-likeness (QED) is 0.163. The highest BCUT2D eigenvalue weighted by Crippen LogP contribution is 2.50. The van der Waals surface area contributed by atoms with E-state index in [4.69, 9.17) is 0 Å². The Morgan fingerprint density at radius 1 is 0.917 bits per heavy atom. The van der Waals surface area contributed by atoms with Gasteiger partial charge in [0.2, 0.25) is 0 Å². The molecule has 2 aliphatic rings. The van der Waals surface area contributed by atoms with Crippen LogP contribution in [0.2, 0.25) is 0 Å². The number of benzene rings is 3. The van der Waals surface area contributed by atoms with Crippen LogP contribution in [0.15, 0.2) is 71.6 Å².